The second-order valence-electron chi connectivity index (χ2n) is 4.70. The highest BCUT2D eigenvalue weighted by Gasteiger charge is 2.06. The summed E-state index contributed by atoms with van der Waals surface area (Å²) >= 11 is 0. The van der Waals surface area contributed by atoms with E-state index in [1.807, 2.05) is 37.3 Å². The molecule has 0 fully saturated rings. The van der Waals surface area contributed by atoms with Crippen molar-refractivity contribution >= 4 is 6.21 Å². The van der Waals surface area contributed by atoms with Gasteiger partial charge < -0.3 is 15.3 Å². The number of hydrogen-bond donors (Lipinski definition) is 1. The van der Waals surface area contributed by atoms with E-state index in [4.69, 9.17) is 15.3 Å². The van der Waals surface area contributed by atoms with Crippen LogP contribution in [0.4, 0.5) is 0 Å². The Bertz CT molecular complexity index is 624. The third-order valence-electron chi connectivity index (χ3n) is 2.97. The Morgan fingerprint density at radius 1 is 1.10 bits per heavy atom. The molecule has 4 heteroatoms. The van der Waals surface area contributed by atoms with Crippen molar-refractivity contribution in [2.45, 2.75) is 20.5 Å². The predicted octanol–water partition coefficient (Wildman–Crippen LogP) is 3.27. The fourth-order valence-corrected chi connectivity index (χ4v) is 2.04. The fourth-order valence-electron chi connectivity index (χ4n) is 2.04. The van der Waals surface area contributed by atoms with Crippen LogP contribution < -0.4 is 15.3 Å². The summed E-state index contributed by atoms with van der Waals surface area (Å²) in [6.07, 6.45) is 1.58. The van der Waals surface area contributed by atoms with Crippen molar-refractivity contribution in [1.29, 1.82) is 0 Å². The quantitative estimate of drug-likeness (QED) is 0.503. The summed E-state index contributed by atoms with van der Waals surface area (Å²) in [6.45, 7) is 5.08. The van der Waals surface area contributed by atoms with E-state index in [1.165, 1.54) is 5.56 Å². The summed E-state index contributed by atoms with van der Waals surface area (Å²) in [7, 11) is 0. The average Bonchev–Trinajstić information content (AvgIpc) is 2.47. The molecule has 0 heterocycles. The molecule has 2 aromatic carbocycles. The standard InChI is InChI=1S/C17H20N2O2/c1-3-20-17-10-14(11-19-18)7-8-16(17)21-12-15-6-4-5-13(2)9-15/h4-11H,3,12,18H2,1-2H3. The predicted molar refractivity (Wildman–Crippen MR) is 84.9 cm³/mol. The van der Waals surface area contributed by atoms with Crippen molar-refractivity contribution in [2.75, 3.05) is 6.61 Å². The van der Waals surface area contributed by atoms with E-state index < -0.39 is 0 Å². The lowest BCUT2D eigenvalue weighted by Crippen LogP contribution is -2.00. The minimum absolute atomic E-state index is 0.506. The van der Waals surface area contributed by atoms with Gasteiger partial charge >= 0.3 is 0 Å². The van der Waals surface area contributed by atoms with Crippen molar-refractivity contribution in [3.8, 4) is 11.5 Å². The molecule has 110 valence electrons. The van der Waals surface area contributed by atoms with Gasteiger partial charge in [0.1, 0.15) is 6.61 Å². The summed E-state index contributed by atoms with van der Waals surface area (Å²) in [5, 5.41) is 3.52. The molecule has 0 aliphatic rings. The van der Waals surface area contributed by atoms with Gasteiger partial charge in [-0.2, -0.15) is 5.10 Å². The number of nitrogens with zero attached hydrogens (tertiary/aromatic N) is 1. The lowest BCUT2D eigenvalue weighted by Gasteiger charge is -2.12. The van der Waals surface area contributed by atoms with Crippen LogP contribution in [0.2, 0.25) is 0 Å². The zero-order valence-corrected chi connectivity index (χ0v) is 12.4. The maximum absolute atomic E-state index is 5.86. The van der Waals surface area contributed by atoms with E-state index in [0.29, 0.717) is 24.7 Å². The van der Waals surface area contributed by atoms with Gasteiger partial charge in [-0.15, -0.1) is 0 Å². The van der Waals surface area contributed by atoms with Gasteiger partial charge in [0.25, 0.3) is 0 Å². The normalized spacial score (nSPS) is 10.8. The second kappa shape index (κ2) is 7.33. The number of benzene rings is 2. The van der Waals surface area contributed by atoms with Gasteiger partial charge in [0.05, 0.1) is 12.8 Å². The molecule has 0 aliphatic heterocycles. The van der Waals surface area contributed by atoms with Crippen LogP contribution in [0.3, 0.4) is 0 Å². The Morgan fingerprint density at radius 3 is 2.67 bits per heavy atom. The van der Waals surface area contributed by atoms with Crippen LogP contribution in [0.25, 0.3) is 0 Å². The van der Waals surface area contributed by atoms with Gasteiger partial charge in [0, 0.05) is 0 Å². The summed E-state index contributed by atoms with van der Waals surface area (Å²) in [5.41, 5.74) is 3.23. The highest BCUT2D eigenvalue weighted by Crippen LogP contribution is 2.28. The van der Waals surface area contributed by atoms with Crippen LogP contribution in [-0.2, 0) is 6.61 Å². The van der Waals surface area contributed by atoms with Gasteiger partial charge in [0.2, 0.25) is 0 Å². The van der Waals surface area contributed by atoms with Gasteiger partial charge in [0.15, 0.2) is 11.5 Å². The van der Waals surface area contributed by atoms with Crippen LogP contribution >= 0.6 is 0 Å². The fraction of sp³-hybridized carbons (Fsp3) is 0.235. The topological polar surface area (TPSA) is 56.8 Å². The van der Waals surface area contributed by atoms with Gasteiger partial charge in [-0.3, -0.25) is 0 Å². The summed E-state index contributed by atoms with van der Waals surface area (Å²) in [4.78, 5) is 0. The smallest absolute Gasteiger partial charge is 0.161 e. The van der Waals surface area contributed by atoms with Crippen molar-refractivity contribution in [3.05, 3.63) is 59.2 Å². The monoisotopic (exact) mass is 284 g/mol. The highest BCUT2D eigenvalue weighted by molar-refractivity contribution is 5.80. The number of ether oxygens (including phenoxy) is 2. The number of nitrogens with two attached hydrogens (primary N) is 1. The molecule has 0 amide bonds. The summed E-state index contributed by atoms with van der Waals surface area (Å²) in [6, 6.07) is 13.9. The SMILES string of the molecule is CCOc1cc(C=NN)ccc1OCc1cccc(C)c1. The minimum Gasteiger partial charge on any atom is -0.490 e. The van der Waals surface area contributed by atoms with E-state index in [0.717, 1.165) is 11.1 Å². The van der Waals surface area contributed by atoms with E-state index in [2.05, 4.69) is 24.2 Å². The van der Waals surface area contributed by atoms with E-state index in [-0.39, 0.29) is 0 Å². The molecule has 0 atom stereocenters. The average molecular weight is 284 g/mol. The molecular formula is C17H20N2O2. The first-order chi connectivity index (χ1) is 10.2. The lowest BCUT2D eigenvalue weighted by atomic mass is 10.1. The Morgan fingerprint density at radius 2 is 1.95 bits per heavy atom. The third-order valence-corrected chi connectivity index (χ3v) is 2.97. The maximum atomic E-state index is 5.86. The molecule has 4 nitrogen and oxygen atoms in total. The second-order valence-corrected chi connectivity index (χ2v) is 4.70. The summed E-state index contributed by atoms with van der Waals surface area (Å²) < 4.78 is 11.5. The van der Waals surface area contributed by atoms with E-state index in [1.54, 1.807) is 6.21 Å². The molecular weight excluding hydrogens is 264 g/mol. The number of aryl methyl sites for hydroxylation is 1. The third kappa shape index (κ3) is 4.24. The molecule has 0 saturated carbocycles. The van der Waals surface area contributed by atoms with Crippen LogP contribution in [0, 0.1) is 6.92 Å². The van der Waals surface area contributed by atoms with Crippen LogP contribution in [0.15, 0.2) is 47.6 Å². The Labute approximate surface area is 125 Å². The largest absolute Gasteiger partial charge is 0.490 e. The van der Waals surface area contributed by atoms with Crippen LogP contribution in [-0.4, -0.2) is 12.8 Å². The first kappa shape index (κ1) is 14.9. The van der Waals surface area contributed by atoms with Crippen LogP contribution in [0.1, 0.15) is 23.6 Å². The molecule has 2 aromatic rings. The summed E-state index contributed by atoms with van der Waals surface area (Å²) in [5.74, 6) is 6.58. The molecule has 0 spiro atoms. The van der Waals surface area contributed by atoms with Gasteiger partial charge in [-0.05, 0) is 43.2 Å². The zero-order valence-electron chi connectivity index (χ0n) is 12.4. The molecule has 0 radical (unpaired) electrons. The number of rotatable bonds is 6. The molecule has 0 bridgehead atoms. The maximum Gasteiger partial charge on any atom is 0.161 e. The molecule has 0 aromatic heterocycles. The van der Waals surface area contributed by atoms with Crippen molar-refractivity contribution in [1.82, 2.24) is 0 Å². The first-order valence-corrected chi connectivity index (χ1v) is 6.91. The Balaban J connectivity index is 2.14. The highest BCUT2D eigenvalue weighted by atomic mass is 16.5. The molecule has 2 rings (SSSR count). The van der Waals surface area contributed by atoms with Crippen molar-refractivity contribution in [2.24, 2.45) is 10.9 Å². The molecule has 0 saturated heterocycles. The zero-order chi connectivity index (χ0) is 15.1. The minimum atomic E-state index is 0.506. The Kier molecular flexibility index (Phi) is 5.21. The van der Waals surface area contributed by atoms with Crippen molar-refractivity contribution < 1.29 is 9.47 Å². The number of hydrazone groups is 1. The molecule has 0 unspecified atom stereocenters. The van der Waals surface area contributed by atoms with E-state index >= 15 is 0 Å². The lowest BCUT2D eigenvalue weighted by molar-refractivity contribution is 0.269. The van der Waals surface area contributed by atoms with Gasteiger partial charge in [-0.25, -0.2) is 0 Å². The Hall–Kier alpha value is -2.49. The molecule has 21 heavy (non-hydrogen) atoms. The first-order valence-electron chi connectivity index (χ1n) is 6.91. The van der Waals surface area contributed by atoms with Crippen molar-refractivity contribution in [3.63, 3.8) is 0 Å². The molecule has 0 aliphatic carbocycles. The van der Waals surface area contributed by atoms with E-state index in [9.17, 15) is 0 Å². The number of hydrogen-bond acceptors (Lipinski definition) is 4. The van der Waals surface area contributed by atoms with Gasteiger partial charge in [-0.1, -0.05) is 29.8 Å². The van der Waals surface area contributed by atoms with Crippen LogP contribution in [0.5, 0.6) is 11.5 Å². The molecule has 2 N–H and O–H groups in total.